The summed E-state index contributed by atoms with van der Waals surface area (Å²) in [7, 11) is 0. The molecule has 4 atom stereocenters. The number of hydrogen-bond donors (Lipinski definition) is 3. The zero-order valence-corrected chi connectivity index (χ0v) is 35.0. The van der Waals surface area contributed by atoms with Crippen LogP contribution in [0.5, 0.6) is 5.75 Å². The van der Waals surface area contributed by atoms with Crippen LogP contribution in [0.3, 0.4) is 0 Å². The molecule has 2 aliphatic heterocycles. The number of rotatable bonds is 11. The van der Waals surface area contributed by atoms with Gasteiger partial charge >= 0.3 is 0 Å². The lowest BCUT2D eigenvalue weighted by Gasteiger charge is -2.39. The minimum absolute atomic E-state index is 0.0434. The standard InChI is InChI=1S/C46H45N9O5S/c1-25(2)42(45(59)55-23-34(56)17-39(55)44(58)50-26(3)28-9-11-29(12-10-28)43-27(4)49-24-61-43)41-18-37(53-60-41)32-19-47-46(48-20-32)54-21-33(22-54)30-13-14-31-16-38(52-51-36(31)15-30)35-7-5-6-8-40(35)57/h5-16,18-20,24-26,33-34,39,42,56-57H,17,21-23H2,1-4H3,(H,50,58)/t26?,34-,39+,42?/m1/s1. The molecular weight excluding hydrogens is 791 g/mol. The maximum atomic E-state index is 14.3. The molecule has 0 radical (unpaired) electrons. The van der Waals surface area contributed by atoms with Gasteiger partial charge in [0.1, 0.15) is 29.2 Å². The van der Waals surface area contributed by atoms with Crippen molar-refractivity contribution in [1.82, 2.24) is 40.5 Å². The Labute approximate surface area is 356 Å². The van der Waals surface area contributed by atoms with Crippen molar-refractivity contribution in [2.45, 2.75) is 64.1 Å². The van der Waals surface area contributed by atoms with Crippen LogP contribution in [0.2, 0.25) is 0 Å². The first kappa shape index (κ1) is 39.9. The summed E-state index contributed by atoms with van der Waals surface area (Å²) >= 11 is 1.59. The molecule has 2 saturated heterocycles. The van der Waals surface area contributed by atoms with Gasteiger partial charge in [0.05, 0.1) is 39.4 Å². The van der Waals surface area contributed by atoms with Crippen LogP contribution in [-0.4, -0.2) is 89.0 Å². The van der Waals surface area contributed by atoms with Gasteiger partial charge in [0.25, 0.3) is 0 Å². The van der Waals surface area contributed by atoms with E-state index < -0.39 is 18.1 Å². The van der Waals surface area contributed by atoms with Crippen molar-refractivity contribution in [3.63, 3.8) is 0 Å². The van der Waals surface area contributed by atoms with Crippen molar-refractivity contribution >= 4 is 40.0 Å². The summed E-state index contributed by atoms with van der Waals surface area (Å²) in [6.45, 7) is 9.25. The number of likely N-dealkylation sites (tertiary alicyclic amines) is 1. The summed E-state index contributed by atoms with van der Waals surface area (Å²) in [5, 5.41) is 38.1. The third kappa shape index (κ3) is 7.93. The molecular formula is C46H45N9O5S. The highest BCUT2D eigenvalue weighted by molar-refractivity contribution is 7.13. The Morgan fingerprint density at radius 2 is 1.66 bits per heavy atom. The summed E-state index contributed by atoms with van der Waals surface area (Å²) in [5.41, 5.74) is 9.13. The second-order valence-electron chi connectivity index (χ2n) is 16.3. The van der Waals surface area contributed by atoms with Gasteiger partial charge in [0.15, 0.2) is 0 Å². The topological polar surface area (TPSA) is 184 Å². The number of phenolic OH excluding ortho intramolecular Hbond substituents is 1. The van der Waals surface area contributed by atoms with Crippen molar-refractivity contribution < 1.29 is 24.3 Å². The van der Waals surface area contributed by atoms with Crippen molar-refractivity contribution in [2.24, 2.45) is 5.92 Å². The molecule has 14 nitrogen and oxygen atoms in total. The number of nitrogens with one attached hydrogen (secondary N) is 1. The number of aliphatic hydroxyl groups excluding tert-OH is 1. The first-order chi connectivity index (χ1) is 29.5. The number of nitrogens with zero attached hydrogens (tertiary/aromatic N) is 8. The van der Waals surface area contributed by atoms with Gasteiger partial charge < -0.3 is 29.9 Å². The molecule has 0 aliphatic carbocycles. The molecule has 0 bridgehead atoms. The molecule has 2 unspecified atom stereocenters. The van der Waals surface area contributed by atoms with Crippen LogP contribution < -0.4 is 10.2 Å². The Bertz CT molecular complexity index is 2710. The van der Waals surface area contributed by atoms with Crippen molar-refractivity contribution in [3.05, 3.63) is 119 Å². The van der Waals surface area contributed by atoms with E-state index in [1.54, 1.807) is 41.9 Å². The van der Waals surface area contributed by atoms with Crippen LogP contribution in [0.4, 0.5) is 5.95 Å². The minimum Gasteiger partial charge on any atom is -0.507 e. The Morgan fingerprint density at radius 3 is 2.38 bits per heavy atom. The number of aromatic nitrogens is 6. The molecule has 2 amide bonds. The van der Waals surface area contributed by atoms with E-state index in [0.29, 0.717) is 34.2 Å². The first-order valence-corrected chi connectivity index (χ1v) is 21.3. The molecule has 15 heteroatoms. The fourth-order valence-corrected chi connectivity index (χ4v) is 9.10. The molecule has 2 aliphatic rings. The highest BCUT2D eigenvalue weighted by atomic mass is 32.1. The number of aliphatic hydroxyl groups is 1. The third-order valence-corrected chi connectivity index (χ3v) is 12.7. The van der Waals surface area contributed by atoms with Gasteiger partial charge in [-0.15, -0.1) is 21.5 Å². The highest BCUT2D eigenvalue weighted by Gasteiger charge is 2.43. The molecule has 0 spiro atoms. The van der Waals surface area contributed by atoms with Crippen LogP contribution in [0.15, 0.2) is 101 Å². The number of phenols is 1. The van der Waals surface area contributed by atoms with Gasteiger partial charge in [-0.05, 0) is 60.7 Å². The number of hydrogen-bond acceptors (Lipinski definition) is 13. The lowest BCUT2D eigenvalue weighted by atomic mass is 9.91. The molecule has 7 aromatic rings. The van der Waals surface area contributed by atoms with E-state index in [9.17, 15) is 19.8 Å². The van der Waals surface area contributed by atoms with E-state index in [-0.39, 0.29) is 48.4 Å². The predicted octanol–water partition coefficient (Wildman–Crippen LogP) is 7.06. The largest absolute Gasteiger partial charge is 0.507 e. The lowest BCUT2D eigenvalue weighted by molar-refractivity contribution is -0.141. The molecule has 2 fully saturated rings. The zero-order chi connectivity index (χ0) is 42.4. The van der Waals surface area contributed by atoms with Gasteiger partial charge in [0, 0.05) is 66.9 Å². The number of β-amino-alcohol motifs (C(OH)–C–C–N with tert-alkyl or cyclic N) is 1. The van der Waals surface area contributed by atoms with Crippen molar-refractivity contribution in [3.8, 4) is 38.7 Å². The van der Waals surface area contributed by atoms with Crippen LogP contribution in [-0.2, 0) is 9.59 Å². The van der Waals surface area contributed by atoms with Crippen molar-refractivity contribution in [2.75, 3.05) is 24.5 Å². The van der Waals surface area contributed by atoms with E-state index in [1.807, 2.05) is 81.7 Å². The summed E-state index contributed by atoms with van der Waals surface area (Å²) < 4.78 is 5.80. The average molecular weight is 836 g/mol. The monoisotopic (exact) mass is 835 g/mol. The molecule has 6 heterocycles. The maximum absolute atomic E-state index is 14.3. The van der Waals surface area contributed by atoms with E-state index in [2.05, 4.69) is 52.7 Å². The van der Waals surface area contributed by atoms with Crippen LogP contribution in [0, 0.1) is 12.8 Å². The normalized spacial score (nSPS) is 17.7. The van der Waals surface area contributed by atoms with Gasteiger partial charge in [-0.25, -0.2) is 15.0 Å². The Hall–Kier alpha value is -6.58. The molecule has 3 N–H and O–H groups in total. The number of carbonyl (C=O) groups is 2. The van der Waals surface area contributed by atoms with E-state index in [0.717, 1.165) is 51.3 Å². The first-order valence-electron chi connectivity index (χ1n) is 20.4. The molecule has 61 heavy (non-hydrogen) atoms. The van der Waals surface area contributed by atoms with E-state index in [1.165, 1.54) is 4.90 Å². The maximum Gasteiger partial charge on any atom is 0.243 e. The number of anilines is 1. The number of para-hydroxylation sites is 1. The van der Waals surface area contributed by atoms with Gasteiger partial charge in [-0.3, -0.25) is 9.59 Å². The summed E-state index contributed by atoms with van der Waals surface area (Å²) in [6, 6.07) is 23.8. The fourth-order valence-electron chi connectivity index (χ4n) is 8.29. The number of benzene rings is 3. The third-order valence-electron chi connectivity index (χ3n) is 11.8. The van der Waals surface area contributed by atoms with Gasteiger partial charge in [-0.2, -0.15) is 0 Å². The fraction of sp³-hybridized carbons (Fsp3) is 0.304. The number of fused-ring (bicyclic) bond motifs is 1. The average Bonchev–Trinajstić information content (AvgIpc) is 4.01. The molecule has 9 rings (SSSR count). The number of aromatic hydroxyl groups is 1. The molecule has 0 saturated carbocycles. The van der Waals surface area contributed by atoms with Gasteiger partial charge in [0.2, 0.25) is 17.8 Å². The van der Waals surface area contributed by atoms with Crippen LogP contribution >= 0.6 is 11.3 Å². The smallest absolute Gasteiger partial charge is 0.243 e. The molecule has 310 valence electrons. The SMILES string of the molecule is Cc1ncsc1-c1ccc(C(C)NC(=O)[C@@H]2C[C@@H](O)CN2C(=O)C(c2cc(-c3cnc(N4CC(c5ccc6cc(-c7ccccc7O)nnc6c5)C4)nc3)no2)C(C)C)cc1. The van der Waals surface area contributed by atoms with E-state index in [4.69, 9.17) is 4.52 Å². The molecule has 4 aromatic heterocycles. The quantitative estimate of drug-likeness (QED) is 0.121. The predicted molar refractivity (Wildman–Crippen MR) is 232 cm³/mol. The van der Waals surface area contributed by atoms with Crippen LogP contribution in [0.25, 0.3) is 43.9 Å². The highest BCUT2D eigenvalue weighted by Crippen LogP contribution is 2.36. The number of aryl methyl sites for hydroxylation is 1. The Balaban J connectivity index is 0.828. The second-order valence-corrected chi connectivity index (χ2v) is 17.1. The number of carbonyl (C=O) groups excluding carboxylic acids is 2. The number of thiazole rings is 1. The lowest BCUT2D eigenvalue weighted by Crippen LogP contribution is -2.48. The molecule has 3 aromatic carbocycles. The number of amides is 2. The Morgan fingerprint density at radius 1 is 0.885 bits per heavy atom. The van der Waals surface area contributed by atoms with E-state index >= 15 is 0 Å². The summed E-state index contributed by atoms with van der Waals surface area (Å²) in [4.78, 5) is 46.3. The second kappa shape index (κ2) is 16.5. The Kier molecular flexibility index (Phi) is 10.8. The minimum atomic E-state index is -0.839. The van der Waals surface area contributed by atoms with Crippen molar-refractivity contribution in [1.29, 1.82) is 0 Å². The summed E-state index contributed by atoms with van der Waals surface area (Å²) in [6.07, 6.45) is 2.70. The zero-order valence-electron chi connectivity index (χ0n) is 34.1. The summed E-state index contributed by atoms with van der Waals surface area (Å²) in [5.74, 6) is -0.147. The van der Waals surface area contributed by atoms with Gasteiger partial charge in [-0.1, -0.05) is 67.5 Å². The van der Waals surface area contributed by atoms with Crippen LogP contribution in [0.1, 0.15) is 67.7 Å².